The van der Waals surface area contributed by atoms with Crippen molar-refractivity contribution in [3.63, 3.8) is 0 Å². The van der Waals surface area contributed by atoms with Crippen molar-refractivity contribution < 1.29 is 9.90 Å². The van der Waals surface area contributed by atoms with Gasteiger partial charge in [0.1, 0.15) is 9.88 Å². The summed E-state index contributed by atoms with van der Waals surface area (Å²) in [4.78, 5) is 16.1. The maximum absolute atomic E-state index is 11.2. The predicted octanol–water partition coefficient (Wildman–Crippen LogP) is 3.71. The van der Waals surface area contributed by atoms with Gasteiger partial charge >= 0.3 is 5.97 Å². The summed E-state index contributed by atoms with van der Waals surface area (Å²) in [6, 6.07) is 9.69. The Bertz CT molecular complexity index is 546. The molecule has 0 aliphatic carbocycles. The number of hydrogen-bond donors (Lipinski definition) is 1. The van der Waals surface area contributed by atoms with Crippen molar-refractivity contribution in [1.29, 1.82) is 0 Å². The zero-order valence-electron chi connectivity index (χ0n) is 10.4. The molecule has 4 heteroatoms. The zero-order chi connectivity index (χ0) is 13.1. The molecule has 0 saturated carbocycles. The van der Waals surface area contributed by atoms with E-state index in [1.807, 2.05) is 30.3 Å². The third-order valence-electron chi connectivity index (χ3n) is 2.51. The summed E-state index contributed by atoms with van der Waals surface area (Å²) in [6.45, 7) is 4.13. The molecule has 0 atom stereocenters. The van der Waals surface area contributed by atoms with E-state index >= 15 is 0 Å². The molecule has 0 unspecified atom stereocenters. The summed E-state index contributed by atoms with van der Waals surface area (Å²) in [6.07, 6.45) is 0.699. The van der Waals surface area contributed by atoms with Gasteiger partial charge in [0.15, 0.2) is 0 Å². The van der Waals surface area contributed by atoms with Gasteiger partial charge in [-0.1, -0.05) is 44.2 Å². The van der Waals surface area contributed by atoms with E-state index in [1.165, 1.54) is 11.3 Å². The first-order valence-electron chi connectivity index (χ1n) is 5.86. The molecular formula is C14H15NO2S. The molecule has 0 bridgehead atoms. The van der Waals surface area contributed by atoms with Gasteiger partial charge in [0.2, 0.25) is 0 Å². The van der Waals surface area contributed by atoms with Crippen molar-refractivity contribution in [2.45, 2.75) is 20.3 Å². The molecule has 0 saturated heterocycles. The predicted molar refractivity (Wildman–Crippen MR) is 73.1 cm³/mol. The summed E-state index contributed by atoms with van der Waals surface area (Å²) >= 11 is 1.25. The van der Waals surface area contributed by atoms with Crippen LogP contribution < -0.4 is 0 Å². The number of carbonyl (C=O) groups is 1. The molecular weight excluding hydrogens is 246 g/mol. The van der Waals surface area contributed by atoms with E-state index in [4.69, 9.17) is 0 Å². The minimum Gasteiger partial charge on any atom is -0.477 e. The maximum Gasteiger partial charge on any atom is 0.347 e. The Hall–Kier alpha value is -1.68. The first kappa shape index (κ1) is 12.8. The summed E-state index contributed by atoms with van der Waals surface area (Å²) in [5, 5.41) is 9.99. The number of carboxylic acid groups (broad SMARTS) is 1. The Morgan fingerprint density at radius 2 is 2.00 bits per heavy atom. The highest BCUT2D eigenvalue weighted by Crippen LogP contribution is 2.29. The SMILES string of the molecule is CC(C)Cc1nc(-c2ccccc2)sc1C(=O)O. The lowest BCUT2D eigenvalue weighted by Crippen LogP contribution is -2.02. The number of benzene rings is 1. The van der Waals surface area contributed by atoms with Gasteiger partial charge in [-0.05, 0) is 12.3 Å². The molecule has 18 heavy (non-hydrogen) atoms. The van der Waals surface area contributed by atoms with E-state index in [1.54, 1.807) is 0 Å². The summed E-state index contributed by atoms with van der Waals surface area (Å²) < 4.78 is 0. The van der Waals surface area contributed by atoms with Crippen LogP contribution >= 0.6 is 11.3 Å². The van der Waals surface area contributed by atoms with Crippen LogP contribution in [0.5, 0.6) is 0 Å². The van der Waals surface area contributed by atoms with Crippen LogP contribution in [0.3, 0.4) is 0 Å². The van der Waals surface area contributed by atoms with E-state index < -0.39 is 5.97 Å². The van der Waals surface area contributed by atoms with E-state index in [9.17, 15) is 9.90 Å². The van der Waals surface area contributed by atoms with Gasteiger partial charge in [-0.2, -0.15) is 0 Å². The second-order valence-electron chi connectivity index (χ2n) is 4.56. The number of carboxylic acids is 1. The van der Waals surface area contributed by atoms with Gasteiger partial charge in [0.25, 0.3) is 0 Å². The Labute approximate surface area is 110 Å². The fourth-order valence-corrected chi connectivity index (χ4v) is 2.69. The van der Waals surface area contributed by atoms with Gasteiger partial charge in [-0.25, -0.2) is 9.78 Å². The van der Waals surface area contributed by atoms with E-state index in [0.29, 0.717) is 22.9 Å². The fraction of sp³-hybridized carbons (Fsp3) is 0.286. The van der Waals surface area contributed by atoms with Crippen molar-refractivity contribution in [1.82, 2.24) is 4.98 Å². The normalized spacial score (nSPS) is 10.8. The minimum absolute atomic E-state index is 0.363. The van der Waals surface area contributed by atoms with E-state index in [2.05, 4.69) is 18.8 Å². The van der Waals surface area contributed by atoms with Gasteiger partial charge in [0, 0.05) is 5.56 Å². The van der Waals surface area contributed by atoms with Crippen molar-refractivity contribution in [3.8, 4) is 10.6 Å². The van der Waals surface area contributed by atoms with E-state index in [0.717, 1.165) is 10.6 Å². The standard InChI is InChI=1S/C14H15NO2S/c1-9(2)8-11-12(14(16)17)18-13(15-11)10-6-4-3-5-7-10/h3-7,9H,8H2,1-2H3,(H,16,17). The third-order valence-corrected chi connectivity index (χ3v) is 3.65. The van der Waals surface area contributed by atoms with Crippen molar-refractivity contribution in [2.75, 3.05) is 0 Å². The van der Waals surface area contributed by atoms with Crippen molar-refractivity contribution in [2.24, 2.45) is 5.92 Å². The van der Waals surface area contributed by atoms with Crippen LogP contribution in [0.15, 0.2) is 30.3 Å². The Balaban J connectivity index is 2.42. The largest absolute Gasteiger partial charge is 0.477 e. The second kappa shape index (κ2) is 5.31. The van der Waals surface area contributed by atoms with Crippen LogP contribution in [0, 0.1) is 5.92 Å². The number of aromatic carboxylic acids is 1. The summed E-state index contributed by atoms with van der Waals surface area (Å²) in [7, 11) is 0. The van der Waals surface area contributed by atoms with Gasteiger partial charge < -0.3 is 5.11 Å². The molecule has 0 fully saturated rings. The average molecular weight is 261 g/mol. The lowest BCUT2D eigenvalue weighted by molar-refractivity contribution is 0.0700. The Kier molecular flexibility index (Phi) is 3.77. The minimum atomic E-state index is -0.884. The number of nitrogens with zero attached hydrogens (tertiary/aromatic N) is 1. The highest BCUT2D eigenvalue weighted by atomic mass is 32.1. The molecule has 1 aromatic heterocycles. The summed E-state index contributed by atoms with van der Waals surface area (Å²) in [5.41, 5.74) is 1.67. The number of thiazole rings is 1. The first-order chi connectivity index (χ1) is 8.58. The molecule has 0 spiro atoms. The number of aromatic nitrogens is 1. The van der Waals surface area contributed by atoms with Crippen LogP contribution in [-0.4, -0.2) is 16.1 Å². The summed E-state index contributed by atoms with van der Waals surface area (Å²) in [5.74, 6) is -0.487. The van der Waals surface area contributed by atoms with Crippen LogP contribution in [0.25, 0.3) is 10.6 Å². The molecule has 2 aromatic rings. The lowest BCUT2D eigenvalue weighted by atomic mass is 10.1. The molecule has 1 N–H and O–H groups in total. The molecule has 94 valence electrons. The van der Waals surface area contributed by atoms with Gasteiger partial charge in [-0.15, -0.1) is 11.3 Å². The average Bonchev–Trinajstić information content (AvgIpc) is 2.73. The maximum atomic E-state index is 11.2. The Morgan fingerprint density at radius 1 is 1.33 bits per heavy atom. The highest BCUT2D eigenvalue weighted by molar-refractivity contribution is 7.17. The monoisotopic (exact) mass is 261 g/mol. The Morgan fingerprint density at radius 3 is 2.56 bits per heavy atom. The van der Waals surface area contributed by atoms with Crippen LogP contribution in [0.4, 0.5) is 0 Å². The molecule has 1 heterocycles. The molecule has 0 aliphatic rings. The topological polar surface area (TPSA) is 50.2 Å². The highest BCUT2D eigenvalue weighted by Gasteiger charge is 2.18. The quantitative estimate of drug-likeness (QED) is 0.912. The van der Waals surface area contributed by atoms with Crippen LogP contribution in [0.2, 0.25) is 0 Å². The molecule has 0 amide bonds. The van der Waals surface area contributed by atoms with Crippen molar-refractivity contribution in [3.05, 3.63) is 40.9 Å². The van der Waals surface area contributed by atoms with Crippen LogP contribution in [-0.2, 0) is 6.42 Å². The van der Waals surface area contributed by atoms with Gasteiger partial charge in [-0.3, -0.25) is 0 Å². The fourth-order valence-electron chi connectivity index (χ4n) is 1.75. The second-order valence-corrected chi connectivity index (χ2v) is 5.56. The van der Waals surface area contributed by atoms with Crippen molar-refractivity contribution >= 4 is 17.3 Å². The molecule has 3 nitrogen and oxygen atoms in total. The molecule has 1 aromatic carbocycles. The van der Waals surface area contributed by atoms with Crippen LogP contribution in [0.1, 0.15) is 29.2 Å². The van der Waals surface area contributed by atoms with E-state index in [-0.39, 0.29) is 0 Å². The molecule has 0 aliphatic heterocycles. The number of hydrogen-bond acceptors (Lipinski definition) is 3. The number of rotatable bonds is 4. The molecule has 0 radical (unpaired) electrons. The smallest absolute Gasteiger partial charge is 0.347 e. The zero-order valence-corrected chi connectivity index (χ0v) is 11.2. The lowest BCUT2D eigenvalue weighted by Gasteiger charge is -2.01. The first-order valence-corrected chi connectivity index (χ1v) is 6.68. The third kappa shape index (κ3) is 2.76. The molecule has 2 rings (SSSR count). The van der Waals surface area contributed by atoms with Gasteiger partial charge in [0.05, 0.1) is 5.69 Å².